The maximum Gasteiger partial charge on any atom is 0.125 e. The van der Waals surface area contributed by atoms with Crippen LogP contribution in [0.5, 0.6) is 5.75 Å². The molecule has 5 nitrogen and oxygen atoms in total. The Labute approximate surface area is 147 Å². The first kappa shape index (κ1) is 16.8. The zero-order valence-corrected chi connectivity index (χ0v) is 14.9. The highest BCUT2D eigenvalue weighted by molar-refractivity contribution is 6.03. The van der Waals surface area contributed by atoms with Crippen molar-refractivity contribution >= 4 is 33.5 Å². The molecule has 0 unspecified atom stereocenters. The van der Waals surface area contributed by atoms with Crippen molar-refractivity contribution in [3.8, 4) is 5.75 Å². The minimum Gasteiger partial charge on any atom is -0.507 e. The van der Waals surface area contributed by atoms with E-state index < -0.39 is 0 Å². The minimum absolute atomic E-state index is 0.154. The second kappa shape index (κ2) is 6.09. The molecule has 5 N–H and O–H groups in total. The van der Waals surface area contributed by atoms with Crippen molar-refractivity contribution in [3.05, 3.63) is 52.6 Å². The molecule has 5 heteroatoms. The summed E-state index contributed by atoms with van der Waals surface area (Å²) in [5.74, 6) is 0.154. The topological polar surface area (TPSA) is 97.0 Å². The van der Waals surface area contributed by atoms with Crippen LogP contribution in [0.15, 0.2) is 40.6 Å². The summed E-state index contributed by atoms with van der Waals surface area (Å²) in [6, 6.07) is 9.38. The number of benzene rings is 3. The number of anilines is 2. The van der Waals surface area contributed by atoms with Crippen LogP contribution in [-0.2, 0) is 0 Å². The number of aryl methyl sites for hydroxylation is 4. The summed E-state index contributed by atoms with van der Waals surface area (Å²) in [6.45, 7) is 7.74. The van der Waals surface area contributed by atoms with Crippen molar-refractivity contribution in [2.75, 3.05) is 11.5 Å². The van der Waals surface area contributed by atoms with E-state index in [1.165, 1.54) is 0 Å². The fourth-order valence-electron chi connectivity index (χ4n) is 3.15. The summed E-state index contributed by atoms with van der Waals surface area (Å²) in [7, 11) is 0. The first-order valence-corrected chi connectivity index (χ1v) is 8.08. The first-order chi connectivity index (χ1) is 11.8. The Morgan fingerprint density at radius 3 is 2.00 bits per heavy atom. The van der Waals surface area contributed by atoms with Gasteiger partial charge in [0, 0.05) is 5.69 Å². The molecule has 3 aromatic carbocycles. The van der Waals surface area contributed by atoms with Crippen molar-refractivity contribution in [2.24, 2.45) is 10.2 Å². The van der Waals surface area contributed by atoms with Crippen molar-refractivity contribution in [2.45, 2.75) is 27.7 Å². The third-order valence-corrected chi connectivity index (χ3v) is 4.34. The van der Waals surface area contributed by atoms with Gasteiger partial charge in [-0.15, -0.1) is 10.2 Å². The van der Waals surface area contributed by atoms with Crippen molar-refractivity contribution in [1.29, 1.82) is 0 Å². The molecule has 0 atom stereocenters. The molecule has 3 aromatic rings. The molecule has 128 valence electrons. The third kappa shape index (κ3) is 3.01. The van der Waals surface area contributed by atoms with Crippen LogP contribution >= 0.6 is 0 Å². The van der Waals surface area contributed by atoms with Gasteiger partial charge in [-0.2, -0.15) is 0 Å². The number of nitrogens with zero attached hydrogens (tertiary/aromatic N) is 2. The fraction of sp³-hybridized carbons (Fsp3) is 0.200. The maximum absolute atomic E-state index is 10.4. The molecule has 0 radical (unpaired) electrons. The van der Waals surface area contributed by atoms with Crippen LogP contribution in [0, 0.1) is 27.7 Å². The average Bonchev–Trinajstić information content (AvgIpc) is 2.49. The zero-order chi connectivity index (χ0) is 18.3. The molecule has 0 amide bonds. The molecular weight excluding hydrogens is 312 g/mol. The van der Waals surface area contributed by atoms with Crippen LogP contribution in [0.3, 0.4) is 0 Å². The lowest BCUT2D eigenvalue weighted by Gasteiger charge is -2.11. The van der Waals surface area contributed by atoms with Gasteiger partial charge in [-0.3, -0.25) is 0 Å². The van der Waals surface area contributed by atoms with Crippen molar-refractivity contribution < 1.29 is 5.11 Å². The number of azo groups is 1. The lowest BCUT2D eigenvalue weighted by molar-refractivity contribution is 0.481. The third-order valence-electron chi connectivity index (χ3n) is 4.34. The number of aromatic hydroxyl groups is 1. The van der Waals surface area contributed by atoms with Gasteiger partial charge in [0.05, 0.1) is 16.8 Å². The van der Waals surface area contributed by atoms with Crippen molar-refractivity contribution in [1.82, 2.24) is 0 Å². The normalized spacial score (nSPS) is 11.5. The predicted octanol–water partition coefficient (Wildman–Crippen LogP) is 5.36. The van der Waals surface area contributed by atoms with E-state index in [0.29, 0.717) is 22.4 Å². The highest BCUT2D eigenvalue weighted by Gasteiger charge is 2.13. The van der Waals surface area contributed by atoms with Gasteiger partial charge in [0.2, 0.25) is 0 Å². The molecule has 0 aromatic heterocycles. The van der Waals surface area contributed by atoms with E-state index in [9.17, 15) is 5.11 Å². The number of phenols is 1. The molecule has 0 fully saturated rings. The van der Waals surface area contributed by atoms with Crippen LogP contribution in [0.25, 0.3) is 10.8 Å². The van der Waals surface area contributed by atoms with Crippen LogP contribution in [0.4, 0.5) is 22.7 Å². The smallest absolute Gasteiger partial charge is 0.125 e. The van der Waals surface area contributed by atoms with E-state index >= 15 is 0 Å². The summed E-state index contributed by atoms with van der Waals surface area (Å²) in [5.41, 5.74) is 18.3. The molecule has 0 spiro atoms. The second-order valence-corrected chi connectivity index (χ2v) is 6.54. The number of hydrogen-bond acceptors (Lipinski definition) is 5. The molecule has 3 rings (SSSR count). The Morgan fingerprint density at radius 2 is 1.36 bits per heavy atom. The molecule has 0 aliphatic heterocycles. The first-order valence-electron chi connectivity index (χ1n) is 8.08. The second-order valence-electron chi connectivity index (χ2n) is 6.54. The number of fused-ring (bicyclic) bond motifs is 1. The summed E-state index contributed by atoms with van der Waals surface area (Å²) in [5, 5.41) is 20.7. The van der Waals surface area contributed by atoms with Gasteiger partial charge in [0.25, 0.3) is 0 Å². The quantitative estimate of drug-likeness (QED) is 0.435. The Hall–Kier alpha value is -3.08. The Kier molecular flexibility index (Phi) is 4.08. The molecule has 0 aliphatic carbocycles. The van der Waals surface area contributed by atoms with Gasteiger partial charge >= 0.3 is 0 Å². The number of hydrogen-bond donors (Lipinski definition) is 3. The molecule has 0 saturated heterocycles. The lowest BCUT2D eigenvalue weighted by Crippen LogP contribution is -1.92. The maximum atomic E-state index is 10.4. The summed E-state index contributed by atoms with van der Waals surface area (Å²) < 4.78 is 0. The number of phenolic OH excluding ortho intramolecular Hbond substituents is 1. The zero-order valence-electron chi connectivity index (χ0n) is 14.9. The summed E-state index contributed by atoms with van der Waals surface area (Å²) >= 11 is 0. The highest BCUT2D eigenvalue weighted by Crippen LogP contribution is 2.41. The van der Waals surface area contributed by atoms with E-state index in [1.807, 2.05) is 52.0 Å². The summed E-state index contributed by atoms with van der Waals surface area (Å²) in [6.07, 6.45) is 0. The minimum atomic E-state index is 0.154. The molecule has 25 heavy (non-hydrogen) atoms. The van der Waals surface area contributed by atoms with E-state index in [0.717, 1.165) is 33.3 Å². The number of nitrogen functional groups attached to an aromatic ring is 2. The Bertz CT molecular complexity index is 999. The van der Waals surface area contributed by atoms with E-state index in [4.69, 9.17) is 11.5 Å². The molecule has 0 saturated carbocycles. The molecule has 0 aliphatic rings. The largest absolute Gasteiger partial charge is 0.507 e. The van der Waals surface area contributed by atoms with Crippen molar-refractivity contribution in [3.63, 3.8) is 0 Å². The molecule has 0 bridgehead atoms. The van der Waals surface area contributed by atoms with Gasteiger partial charge < -0.3 is 16.6 Å². The fourth-order valence-corrected chi connectivity index (χ4v) is 3.15. The molecule has 0 heterocycles. The predicted molar refractivity (Wildman–Crippen MR) is 104 cm³/mol. The average molecular weight is 334 g/mol. The Morgan fingerprint density at radius 1 is 0.760 bits per heavy atom. The van der Waals surface area contributed by atoms with Gasteiger partial charge in [0.1, 0.15) is 11.4 Å². The van der Waals surface area contributed by atoms with Crippen LogP contribution in [0.1, 0.15) is 22.3 Å². The Balaban J connectivity index is 2.24. The SMILES string of the molecule is Cc1cc(O)c2c(N=Nc3c(C)cc(N)cc3C)c(N)c(C)cc2c1. The van der Waals surface area contributed by atoms with E-state index in [2.05, 4.69) is 10.2 Å². The number of nitrogens with two attached hydrogens (primary N) is 2. The number of rotatable bonds is 2. The highest BCUT2D eigenvalue weighted by atomic mass is 16.3. The van der Waals surface area contributed by atoms with Gasteiger partial charge in [-0.1, -0.05) is 6.07 Å². The standard InChI is InChI=1S/C20H22N4O/c1-10-5-14-7-11(2)18(22)20(17(14)16(25)6-10)24-23-19-12(3)8-15(21)9-13(19)4/h5-9,25H,21-22H2,1-4H3. The van der Waals surface area contributed by atoms with Crippen LogP contribution < -0.4 is 11.5 Å². The molecular formula is C20H22N4O. The van der Waals surface area contributed by atoms with Gasteiger partial charge in [0.15, 0.2) is 0 Å². The van der Waals surface area contributed by atoms with Gasteiger partial charge in [-0.05, 0) is 79.6 Å². The van der Waals surface area contributed by atoms with Crippen LogP contribution in [-0.4, -0.2) is 5.11 Å². The monoisotopic (exact) mass is 334 g/mol. The van der Waals surface area contributed by atoms with E-state index in [-0.39, 0.29) is 5.75 Å². The lowest BCUT2D eigenvalue weighted by atomic mass is 10.0. The summed E-state index contributed by atoms with van der Waals surface area (Å²) in [4.78, 5) is 0. The van der Waals surface area contributed by atoms with Gasteiger partial charge in [-0.25, -0.2) is 0 Å². The van der Waals surface area contributed by atoms with Crippen LogP contribution in [0.2, 0.25) is 0 Å². The van der Waals surface area contributed by atoms with E-state index in [1.54, 1.807) is 6.07 Å².